The molecule has 0 spiro atoms. The van der Waals surface area contributed by atoms with Crippen molar-refractivity contribution in [3.05, 3.63) is 86.1 Å². The van der Waals surface area contributed by atoms with E-state index in [0.717, 1.165) is 11.3 Å². The molecule has 0 saturated heterocycles. The Bertz CT molecular complexity index is 1160. The van der Waals surface area contributed by atoms with E-state index in [0.29, 0.717) is 25.4 Å². The minimum absolute atomic E-state index is 0.162. The number of anilines is 2. The Morgan fingerprint density at radius 1 is 1.06 bits per heavy atom. The van der Waals surface area contributed by atoms with Gasteiger partial charge in [0.15, 0.2) is 0 Å². The second-order valence-corrected chi connectivity index (χ2v) is 8.81. The van der Waals surface area contributed by atoms with Crippen molar-refractivity contribution in [2.45, 2.75) is 25.3 Å². The van der Waals surface area contributed by atoms with Crippen LogP contribution in [0.5, 0.6) is 0 Å². The van der Waals surface area contributed by atoms with Crippen molar-refractivity contribution in [2.24, 2.45) is 0 Å². The molecule has 0 unspecified atom stereocenters. The van der Waals surface area contributed by atoms with Crippen LogP contribution in [0.2, 0.25) is 0 Å². The number of aryl methyl sites for hydroxylation is 2. The molecule has 0 aliphatic carbocycles. The van der Waals surface area contributed by atoms with Crippen LogP contribution in [-0.2, 0) is 11.3 Å². The zero-order valence-corrected chi connectivity index (χ0v) is 19.6. The molecule has 1 aromatic heterocycles. The average molecular weight is 455 g/mol. The fourth-order valence-electron chi connectivity index (χ4n) is 3.42. The minimum atomic E-state index is -0.517. The van der Waals surface area contributed by atoms with Crippen LogP contribution in [0, 0.1) is 13.8 Å². The SMILES string of the molecule is COCCN(CCSc1ccc(C)c(C)c1)c1c(N)n(Cc2ccccc2)c(=O)[nH]c1=O. The van der Waals surface area contributed by atoms with Crippen molar-refractivity contribution < 1.29 is 4.74 Å². The number of H-pyrrole nitrogens is 1. The number of thioether (sulfide) groups is 1. The normalized spacial score (nSPS) is 11.0. The van der Waals surface area contributed by atoms with Gasteiger partial charge in [-0.2, -0.15) is 0 Å². The molecular formula is C24H30N4O3S. The molecule has 170 valence electrons. The standard InChI is InChI=1S/C24H30N4O3S/c1-17-9-10-20(15-18(17)2)32-14-12-27(11-13-31-3)21-22(25)28(24(30)26-23(21)29)16-19-7-5-4-6-8-19/h4-10,15H,11-14,16,25H2,1-3H3,(H,26,29,30). The number of aromatic amines is 1. The molecule has 0 atom stereocenters. The molecule has 0 aliphatic rings. The highest BCUT2D eigenvalue weighted by molar-refractivity contribution is 7.99. The summed E-state index contributed by atoms with van der Waals surface area (Å²) in [5.74, 6) is 0.915. The second kappa shape index (κ2) is 11.1. The van der Waals surface area contributed by atoms with Crippen LogP contribution in [-0.4, -0.2) is 42.1 Å². The van der Waals surface area contributed by atoms with Crippen molar-refractivity contribution in [2.75, 3.05) is 43.2 Å². The molecule has 8 heteroatoms. The van der Waals surface area contributed by atoms with Crippen molar-refractivity contribution in [3.63, 3.8) is 0 Å². The Labute approximate surface area is 192 Å². The molecule has 3 rings (SSSR count). The van der Waals surface area contributed by atoms with Gasteiger partial charge < -0.3 is 15.4 Å². The smallest absolute Gasteiger partial charge is 0.330 e. The number of ether oxygens (including phenoxy) is 1. The predicted molar refractivity (Wildman–Crippen MR) is 132 cm³/mol. The van der Waals surface area contributed by atoms with Gasteiger partial charge in [-0.15, -0.1) is 11.8 Å². The van der Waals surface area contributed by atoms with E-state index in [4.69, 9.17) is 10.5 Å². The zero-order chi connectivity index (χ0) is 23.1. The largest absolute Gasteiger partial charge is 0.383 e. The van der Waals surface area contributed by atoms with Crippen molar-refractivity contribution in [1.29, 1.82) is 0 Å². The number of nitrogens with two attached hydrogens (primary N) is 1. The number of rotatable bonds is 10. The number of benzene rings is 2. The van der Waals surface area contributed by atoms with E-state index in [1.807, 2.05) is 35.2 Å². The van der Waals surface area contributed by atoms with Crippen LogP contribution in [0.15, 0.2) is 63.0 Å². The van der Waals surface area contributed by atoms with Crippen LogP contribution in [0.4, 0.5) is 11.5 Å². The molecule has 3 aromatic rings. The molecule has 0 aliphatic heterocycles. The Morgan fingerprint density at radius 3 is 2.50 bits per heavy atom. The first kappa shape index (κ1) is 23.7. The highest BCUT2D eigenvalue weighted by Gasteiger charge is 2.19. The Balaban J connectivity index is 1.85. The number of aromatic nitrogens is 2. The number of methoxy groups -OCH3 is 1. The number of nitrogens with one attached hydrogen (secondary N) is 1. The molecule has 2 aromatic carbocycles. The van der Waals surface area contributed by atoms with E-state index in [1.54, 1.807) is 18.9 Å². The lowest BCUT2D eigenvalue weighted by Gasteiger charge is -2.26. The summed E-state index contributed by atoms with van der Waals surface area (Å²) in [5.41, 5.74) is 9.12. The Hall–Kier alpha value is -2.97. The topological polar surface area (TPSA) is 93.3 Å². The van der Waals surface area contributed by atoms with Gasteiger partial charge >= 0.3 is 5.69 Å². The molecule has 0 amide bonds. The second-order valence-electron chi connectivity index (χ2n) is 7.64. The first-order valence-electron chi connectivity index (χ1n) is 10.5. The maximum absolute atomic E-state index is 12.7. The summed E-state index contributed by atoms with van der Waals surface area (Å²) in [4.78, 5) is 30.7. The van der Waals surface area contributed by atoms with E-state index in [1.165, 1.54) is 20.6 Å². The molecular weight excluding hydrogens is 424 g/mol. The highest BCUT2D eigenvalue weighted by Crippen LogP contribution is 2.23. The molecule has 0 radical (unpaired) electrons. The molecule has 0 fully saturated rings. The molecule has 3 N–H and O–H groups in total. The van der Waals surface area contributed by atoms with Crippen LogP contribution < -0.4 is 21.9 Å². The summed E-state index contributed by atoms with van der Waals surface area (Å²) >= 11 is 1.72. The predicted octanol–water partition coefficient (Wildman–Crippen LogP) is 3.03. The first-order valence-corrected chi connectivity index (χ1v) is 11.5. The summed E-state index contributed by atoms with van der Waals surface area (Å²) in [6, 6.07) is 15.9. The van der Waals surface area contributed by atoms with Gasteiger partial charge in [0.1, 0.15) is 11.5 Å². The van der Waals surface area contributed by atoms with Gasteiger partial charge in [-0.25, -0.2) is 4.79 Å². The quantitative estimate of drug-likeness (QED) is 0.458. The van der Waals surface area contributed by atoms with Gasteiger partial charge in [0.25, 0.3) is 5.56 Å². The van der Waals surface area contributed by atoms with E-state index in [-0.39, 0.29) is 12.4 Å². The van der Waals surface area contributed by atoms with Gasteiger partial charge in [-0.3, -0.25) is 14.3 Å². The maximum Gasteiger partial charge on any atom is 0.330 e. The molecule has 0 saturated carbocycles. The fourth-order valence-corrected chi connectivity index (χ4v) is 4.39. The lowest BCUT2D eigenvalue weighted by molar-refractivity contribution is 0.205. The average Bonchev–Trinajstić information content (AvgIpc) is 2.77. The van der Waals surface area contributed by atoms with Gasteiger partial charge in [-0.05, 0) is 42.7 Å². The van der Waals surface area contributed by atoms with Crippen LogP contribution >= 0.6 is 11.8 Å². The molecule has 32 heavy (non-hydrogen) atoms. The third-order valence-corrected chi connectivity index (χ3v) is 6.36. The van der Waals surface area contributed by atoms with E-state index >= 15 is 0 Å². The summed E-state index contributed by atoms with van der Waals surface area (Å²) in [6.45, 7) is 5.98. The molecule has 1 heterocycles. The van der Waals surface area contributed by atoms with Gasteiger partial charge in [0.05, 0.1) is 13.2 Å². The van der Waals surface area contributed by atoms with Gasteiger partial charge in [-0.1, -0.05) is 36.4 Å². The van der Waals surface area contributed by atoms with Crippen molar-refractivity contribution in [3.8, 4) is 0 Å². The highest BCUT2D eigenvalue weighted by atomic mass is 32.2. The number of nitrogens with zero attached hydrogens (tertiary/aromatic N) is 2. The summed E-state index contributed by atoms with van der Waals surface area (Å²) < 4.78 is 6.65. The number of hydrogen-bond donors (Lipinski definition) is 2. The van der Waals surface area contributed by atoms with Crippen LogP contribution in [0.3, 0.4) is 0 Å². The third kappa shape index (κ3) is 5.83. The van der Waals surface area contributed by atoms with Gasteiger partial charge in [0.2, 0.25) is 0 Å². The lowest BCUT2D eigenvalue weighted by atomic mass is 10.1. The van der Waals surface area contributed by atoms with Crippen molar-refractivity contribution in [1.82, 2.24) is 9.55 Å². The monoisotopic (exact) mass is 454 g/mol. The van der Waals surface area contributed by atoms with E-state index in [2.05, 4.69) is 37.0 Å². The van der Waals surface area contributed by atoms with E-state index < -0.39 is 11.2 Å². The Morgan fingerprint density at radius 2 is 1.81 bits per heavy atom. The fraction of sp³-hybridized carbons (Fsp3) is 0.333. The van der Waals surface area contributed by atoms with Crippen molar-refractivity contribution >= 4 is 23.3 Å². The van der Waals surface area contributed by atoms with Gasteiger partial charge in [0, 0.05) is 30.8 Å². The number of nitrogen functional groups attached to an aromatic ring is 1. The van der Waals surface area contributed by atoms with Crippen LogP contribution in [0.25, 0.3) is 0 Å². The van der Waals surface area contributed by atoms with Crippen LogP contribution in [0.1, 0.15) is 16.7 Å². The van der Waals surface area contributed by atoms with E-state index in [9.17, 15) is 9.59 Å². The number of hydrogen-bond acceptors (Lipinski definition) is 6. The minimum Gasteiger partial charge on any atom is -0.383 e. The third-order valence-electron chi connectivity index (χ3n) is 5.39. The molecule has 7 nitrogen and oxygen atoms in total. The molecule has 0 bridgehead atoms. The lowest BCUT2D eigenvalue weighted by Crippen LogP contribution is -2.40. The maximum atomic E-state index is 12.7. The first-order chi connectivity index (χ1) is 15.4. The summed E-state index contributed by atoms with van der Waals surface area (Å²) in [5, 5.41) is 0. The summed E-state index contributed by atoms with van der Waals surface area (Å²) in [6.07, 6.45) is 0. The zero-order valence-electron chi connectivity index (χ0n) is 18.8. The summed E-state index contributed by atoms with van der Waals surface area (Å²) in [7, 11) is 1.62. The Kier molecular flexibility index (Phi) is 8.19.